The Labute approximate surface area is 168 Å². The molecule has 0 aliphatic heterocycles. The molecule has 0 unspecified atom stereocenters. The van der Waals surface area contributed by atoms with E-state index in [4.69, 9.17) is 0 Å². The quantitative estimate of drug-likeness (QED) is 0.660. The summed E-state index contributed by atoms with van der Waals surface area (Å²) in [6.07, 6.45) is 0. The lowest BCUT2D eigenvalue weighted by atomic mass is 10.1. The zero-order chi connectivity index (χ0) is 20.3. The number of hydrogen-bond donors (Lipinski definition) is 1. The minimum atomic E-state index is -0.201. The summed E-state index contributed by atoms with van der Waals surface area (Å²) in [5.74, 6) is 0.107. The Morgan fingerprint density at radius 2 is 1.71 bits per heavy atom. The van der Waals surface area contributed by atoms with E-state index in [1.807, 2.05) is 64.1 Å². The largest absolute Gasteiger partial charge is 0.325 e. The van der Waals surface area contributed by atoms with Crippen LogP contribution in [-0.2, 0) is 4.79 Å². The molecule has 1 heterocycles. The number of amides is 1. The fraction of sp³-hybridized carbons (Fsp3) is 0.227. The molecule has 0 aliphatic carbocycles. The Bertz CT molecular complexity index is 1090. The van der Waals surface area contributed by atoms with Crippen LogP contribution in [0.5, 0.6) is 0 Å². The standard InChI is InChI=1S/C22H23N3O2S/c1-14-5-6-16(3)19(11-14)23-20(26)13-28-21-9-10-22(27)25(24-21)18-8-7-15(2)17(4)12-18/h5-12H,13H2,1-4H3,(H,23,26). The highest BCUT2D eigenvalue weighted by Crippen LogP contribution is 2.19. The molecule has 3 aromatic rings. The second-order valence-electron chi connectivity index (χ2n) is 6.85. The highest BCUT2D eigenvalue weighted by molar-refractivity contribution is 7.99. The zero-order valence-corrected chi connectivity index (χ0v) is 17.3. The smallest absolute Gasteiger partial charge is 0.271 e. The number of thioether (sulfide) groups is 1. The van der Waals surface area contributed by atoms with Gasteiger partial charge in [0.25, 0.3) is 5.56 Å². The van der Waals surface area contributed by atoms with Crippen LogP contribution >= 0.6 is 11.8 Å². The molecule has 0 aliphatic rings. The van der Waals surface area contributed by atoms with Crippen molar-refractivity contribution in [2.75, 3.05) is 11.1 Å². The minimum absolute atomic E-state index is 0.107. The van der Waals surface area contributed by atoms with Crippen molar-refractivity contribution in [2.45, 2.75) is 32.7 Å². The molecule has 144 valence electrons. The first-order valence-corrected chi connectivity index (χ1v) is 10.00. The summed E-state index contributed by atoms with van der Waals surface area (Å²) in [6, 6.07) is 14.9. The third-order valence-corrected chi connectivity index (χ3v) is 5.45. The van der Waals surface area contributed by atoms with Gasteiger partial charge >= 0.3 is 0 Å². The first kappa shape index (κ1) is 19.9. The summed E-state index contributed by atoms with van der Waals surface area (Å²) in [4.78, 5) is 24.6. The Morgan fingerprint density at radius 1 is 0.964 bits per heavy atom. The SMILES string of the molecule is Cc1ccc(C)c(NC(=O)CSc2ccc(=O)n(-c3ccc(C)c(C)c3)n2)c1. The molecule has 5 nitrogen and oxygen atoms in total. The Kier molecular flexibility index (Phi) is 5.99. The predicted octanol–water partition coefficient (Wildman–Crippen LogP) is 4.20. The fourth-order valence-corrected chi connectivity index (χ4v) is 3.36. The molecule has 0 radical (unpaired) electrons. The Balaban J connectivity index is 1.73. The van der Waals surface area contributed by atoms with Crippen LogP contribution in [0.3, 0.4) is 0 Å². The number of aryl methyl sites for hydroxylation is 4. The van der Waals surface area contributed by atoms with Gasteiger partial charge < -0.3 is 5.32 Å². The van der Waals surface area contributed by atoms with Crippen LogP contribution in [0.15, 0.2) is 58.4 Å². The molecule has 3 rings (SSSR count). The zero-order valence-electron chi connectivity index (χ0n) is 16.4. The van der Waals surface area contributed by atoms with E-state index in [1.54, 1.807) is 6.07 Å². The van der Waals surface area contributed by atoms with Gasteiger partial charge in [-0.1, -0.05) is 30.0 Å². The van der Waals surface area contributed by atoms with Crippen molar-refractivity contribution in [1.29, 1.82) is 0 Å². The van der Waals surface area contributed by atoms with E-state index in [0.29, 0.717) is 5.03 Å². The van der Waals surface area contributed by atoms with Crippen molar-refractivity contribution in [3.05, 3.63) is 81.1 Å². The fourth-order valence-electron chi connectivity index (χ4n) is 2.71. The van der Waals surface area contributed by atoms with Crippen LogP contribution in [0.25, 0.3) is 5.69 Å². The van der Waals surface area contributed by atoms with E-state index >= 15 is 0 Å². The minimum Gasteiger partial charge on any atom is -0.325 e. The number of nitrogens with zero attached hydrogens (tertiary/aromatic N) is 2. The lowest BCUT2D eigenvalue weighted by Gasteiger charge is -2.10. The molecule has 2 aromatic carbocycles. The van der Waals surface area contributed by atoms with E-state index in [2.05, 4.69) is 10.4 Å². The average molecular weight is 394 g/mol. The van der Waals surface area contributed by atoms with E-state index in [1.165, 1.54) is 22.5 Å². The number of anilines is 1. The lowest BCUT2D eigenvalue weighted by molar-refractivity contribution is -0.113. The summed E-state index contributed by atoms with van der Waals surface area (Å²) in [5.41, 5.74) is 5.70. The normalized spacial score (nSPS) is 10.7. The van der Waals surface area contributed by atoms with Crippen LogP contribution < -0.4 is 10.9 Å². The third kappa shape index (κ3) is 4.70. The molecule has 0 bridgehead atoms. The van der Waals surface area contributed by atoms with Gasteiger partial charge in [-0.15, -0.1) is 0 Å². The molecular weight excluding hydrogens is 370 g/mol. The van der Waals surface area contributed by atoms with Crippen LogP contribution in [0.1, 0.15) is 22.3 Å². The molecule has 0 atom stereocenters. The second kappa shape index (κ2) is 8.44. The van der Waals surface area contributed by atoms with Gasteiger partial charge in [-0.3, -0.25) is 9.59 Å². The van der Waals surface area contributed by atoms with Crippen LogP contribution in [-0.4, -0.2) is 21.4 Å². The molecule has 0 saturated heterocycles. The molecule has 0 fully saturated rings. The van der Waals surface area contributed by atoms with Crippen molar-refractivity contribution in [3.63, 3.8) is 0 Å². The highest BCUT2D eigenvalue weighted by Gasteiger charge is 2.09. The van der Waals surface area contributed by atoms with Crippen molar-refractivity contribution >= 4 is 23.4 Å². The van der Waals surface area contributed by atoms with Gasteiger partial charge in [0, 0.05) is 11.8 Å². The summed E-state index contributed by atoms with van der Waals surface area (Å²) in [5, 5.41) is 7.97. The van der Waals surface area contributed by atoms with Gasteiger partial charge in [0.1, 0.15) is 5.03 Å². The molecule has 6 heteroatoms. The molecule has 1 amide bonds. The van der Waals surface area contributed by atoms with Crippen molar-refractivity contribution < 1.29 is 4.79 Å². The Morgan fingerprint density at radius 3 is 2.46 bits per heavy atom. The first-order chi connectivity index (χ1) is 13.3. The third-order valence-electron chi connectivity index (χ3n) is 4.53. The molecule has 0 saturated carbocycles. The Hall–Kier alpha value is -2.86. The first-order valence-electron chi connectivity index (χ1n) is 9.01. The monoisotopic (exact) mass is 393 g/mol. The van der Waals surface area contributed by atoms with Crippen molar-refractivity contribution in [1.82, 2.24) is 9.78 Å². The maximum absolute atomic E-state index is 12.3. The van der Waals surface area contributed by atoms with Crippen LogP contribution in [0.2, 0.25) is 0 Å². The summed E-state index contributed by atoms with van der Waals surface area (Å²) >= 11 is 1.30. The average Bonchev–Trinajstić information content (AvgIpc) is 2.66. The van der Waals surface area contributed by atoms with Gasteiger partial charge in [0.15, 0.2) is 0 Å². The van der Waals surface area contributed by atoms with E-state index in [0.717, 1.165) is 33.6 Å². The molecule has 1 N–H and O–H groups in total. The van der Waals surface area contributed by atoms with E-state index < -0.39 is 0 Å². The van der Waals surface area contributed by atoms with E-state index in [-0.39, 0.29) is 17.2 Å². The predicted molar refractivity (Wildman–Crippen MR) is 115 cm³/mol. The van der Waals surface area contributed by atoms with Crippen molar-refractivity contribution in [2.24, 2.45) is 0 Å². The van der Waals surface area contributed by atoms with Crippen LogP contribution in [0.4, 0.5) is 5.69 Å². The number of aromatic nitrogens is 2. The highest BCUT2D eigenvalue weighted by atomic mass is 32.2. The maximum atomic E-state index is 12.3. The summed E-state index contributed by atoms with van der Waals surface area (Å²) in [7, 11) is 0. The van der Waals surface area contributed by atoms with Gasteiger partial charge in [0.05, 0.1) is 11.4 Å². The molecule has 0 spiro atoms. The second-order valence-corrected chi connectivity index (χ2v) is 7.84. The van der Waals surface area contributed by atoms with Gasteiger partial charge in [-0.2, -0.15) is 9.78 Å². The lowest BCUT2D eigenvalue weighted by Crippen LogP contribution is -2.21. The number of carbonyl (C=O) groups excluding carboxylic acids is 1. The summed E-state index contributed by atoms with van der Waals surface area (Å²) < 4.78 is 1.37. The molecular formula is C22H23N3O2S. The van der Waals surface area contributed by atoms with Crippen LogP contribution in [0, 0.1) is 27.7 Å². The van der Waals surface area contributed by atoms with Gasteiger partial charge in [-0.05, 0) is 74.2 Å². The van der Waals surface area contributed by atoms with E-state index in [9.17, 15) is 9.59 Å². The maximum Gasteiger partial charge on any atom is 0.271 e. The molecule has 28 heavy (non-hydrogen) atoms. The number of rotatable bonds is 5. The summed E-state index contributed by atoms with van der Waals surface area (Å²) in [6.45, 7) is 7.98. The number of nitrogens with one attached hydrogen (secondary N) is 1. The molecule has 1 aromatic heterocycles. The van der Waals surface area contributed by atoms with Crippen molar-refractivity contribution in [3.8, 4) is 5.69 Å². The van der Waals surface area contributed by atoms with Gasteiger partial charge in [-0.25, -0.2) is 0 Å². The topological polar surface area (TPSA) is 64.0 Å². The number of carbonyl (C=O) groups is 1. The number of benzene rings is 2. The van der Waals surface area contributed by atoms with Gasteiger partial charge in [0.2, 0.25) is 5.91 Å². The number of hydrogen-bond acceptors (Lipinski definition) is 4.